The van der Waals surface area contributed by atoms with Crippen LogP contribution in [0.15, 0.2) is 48.6 Å². The number of amides is 2. The molecule has 1 aliphatic rings. The minimum Gasteiger partial charge on any atom is -0.347 e. The molecule has 1 aromatic carbocycles. The van der Waals surface area contributed by atoms with E-state index in [-0.39, 0.29) is 30.2 Å². The smallest absolute Gasteiger partial charge is 0.239 e. The quantitative estimate of drug-likeness (QED) is 0.506. The molecule has 2 rings (SSSR count). The number of nitrogens with zero attached hydrogens (tertiary/aromatic N) is 1. The molecule has 2 amide bonds. The van der Waals surface area contributed by atoms with E-state index in [0.717, 1.165) is 29.7 Å². The highest BCUT2D eigenvalue weighted by atomic mass is 16.2. The van der Waals surface area contributed by atoms with Crippen molar-refractivity contribution in [3.8, 4) is 0 Å². The van der Waals surface area contributed by atoms with E-state index in [2.05, 4.69) is 38.0 Å². The van der Waals surface area contributed by atoms with E-state index in [1.54, 1.807) is 19.0 Å². The van der Waals surface area contributed by atoms with Crippen LogP contribution in [0.1, 0.15) is 79.3 Å². The van der Waals surface area contributed by atoms with Crippen molar-refractivity contribution < 1.29 is 9.59 Å². The van der Waals surface area contributed by atoms with Gasteiger partial charge in [0.2, 0.25) is 11.8 Å². The molecule has 0 unspecified atom stereocenters. The highest BCUT2D eigenvalue weighted by molar-refractivity contribution is 5.93. The number of likely N-dealkylation sites (N-methyl/N-ethyl adjacent to an activating group) is 1. The van der Waals surface area contributed by atoms with Crippen LogP contribution in [0.25, 0.3) is 0 Å². The molecule has 3 atom stereocenters. The van der Waals surface area contributed by atoms with Crippen LogP contribution < -0.4 is 10.6 Å². The number of rotatable bonds is 5. The third-order valence-corrected chi connectivity index (χ3v) is 5.54. The van der Waals surface area contributed by atoms with Gasteiger partial charge in [-0.3, -0.25) is 14.9 Å². The number of benzene rings is 1. The summed E-state index contributed by atoms with van der Waals surface area (Å²) in [5, 5.41) is 6.70. The number of allylic oxidation sites excluding steroid dienone is 2. The molecule has 1 heterocycles. The highest BCUT2D eigenvalue weighted by Crippen LogP contribution is 2.33. The van der Waals surface area contributed by atoms with Gasteiger partial charge in [-0.2, -0.15) is 0 Å². The number of hydrogen-bond acceptors (Lipinski definition) is 3. The fraction of sp³-hybridized carbons (Fsp3) is 0.571. The number of fused-ring (bicyclic) bond motifs is 1. The Kier molecular flexibility index (Phi) is 15.1. The zero-order valence-electron chi connectivity index (χ0n) is 22.4. The molecule has 33 heavy (non-hydrogen) atoms. The maximum atomic E-state index is 13.1. The third kappa shape index (κ3) is 9.95. The van der Waals surface area contributed by atoms with Crippen LogP contribution in [-0.4, -0.2) is 36.9 Å². The maximum absolute atomic E-state index is 13.1. The van der Waals surface area contributed by atoms with E-state index in [4.69, 9.17) is 0 Å². The lowest BCUT2D eigenvalue weighted by Crippen LogP contribution is -2.50. The molecule has 2 N–H and O–H groups in total. The summed E-state index contributed by atoms with van der Waals surface area (Å²) in [4.78, 5) is 27.4. The van der Waals surface area contributed by atoms with Crippen LogP contribution in [-0.2, 0) is 9.59 Å². The summed E-state index contributed by atoms with van der Waals surface area (Å²) in [6, 6.07) is 7.43. The Morgan fingerprint density at radius 1 is 1.24 bits per heavy atom. The Balaban J connectivity index is 0.00000154. The Morgan fingerprint density at radius 2 is 1.82 bits per heavy atom. The zero-order valence-corrected chi connectivity index (χ0v) is 22.4. The normalized spacial score (nSPS) is 20.4. The average molecular weight is 458 g/mol. The van der Waals surface area contributed by atoms with Crippen LogP contribution in [0, 0.1) is 11.8 Å². The van der Waals surface area contributed by atoms with Crippen molar-refractivity contribution in [3.05, 3.63) is 54.1 Å². The van der Waals surface area contributed by atoms with E-state index in [1.807, 2.05) is 64.1 Å². The van der Waals surface area contributed by atoms with Crippen molar-refractivity contribution in [1.29, 1.82) is 0 Å². The van der Waals surface area contributed by atoms with E-state index >= 15 is 0 Å². The van der Waals surface area contributed by atoms with Crippen molar-refractivity contribution in [3.63, 3.8) is 0 Å². The van der Waals surface area contributed by atoms with Gasteiger partial charge in [0, 0.05) is 38.2 Å². The number of anilines is 1. The Bertz CT molecular complexity index is 768. The van der Waals surface area contributed by atoms with Crippen LogP contribution in [0.5, 0.6) is 0 Å². The molecular weight excluding hydrogens is 410 g/mol. The molecule has 1 aliphatic heterocycles. The minimum absolute atomic E-state index is 0.00198. The first kappa shape index (κ1) is 30.6. The number of nitrogens with one attached hydrogen (secondary N) is 2. The Hall–Kier alpha value is -2.40. The molecule has 1 aromatic rings. The standard InChI is InChI=1S/C22H33N3O2.C4H8.C2H6/c1-7-15(4)17-13-20(26)23-18-11-9-8-10-16(18)19(12-14(2)3)24-21(17)22(27)25(5)6;1-3-4-2;1-2/h7-11,14,17,19,21,24H,12-13H2,1-6H3,(H,23,26);3H,1,4H2,2H3;1-2H3/b15-7+;;/t17-,19+,21+;;/m0../s1. The SMILES string of the molecule is C/C=C(\C)[C@@H]1CC(=O)Nc2ccccc2[C@@H](CC(C)C)N[C@H]1C(=O)N(C)C.C=CCC.CC. The maximum Gasteiger partial charge on any atom is 0.239 e. The average Bonchev–Trinajstić information content (AvgIpc) is 2.86. The summed E-state index contributed by atoms with van der Waals surface area (Å²) in [5.74, 6) is 0.205. The van der Waals surface area contributed by atoms with Crippen LogP contribution >= 0.6 is 0 Å². The second-order valence-corrected chi connectivity index (χ2v) is 8.73. The molecule has 0 spiro atoms. The van der Waals surface area contributed by atoms with Crippen molar-refractivity contribution in [2.45, 2.75) is 79.8 Å². The third-order valence-electron chi connectivity index (χ3n) is 5.54. The molecule has 0 radical (unpaired) electrons. The largest absolute Gasteiger partial charge is 0.347 e. The minimum atomic E-state index is -0.447. The van der Waals surface area contributed by atoms with Gasteiger partial charge in [-0.25, -0.2) is 0 Å². The van der Waals surface area contributed by atoms with Gasteiger partial charge >= 0.3 is 0 Å². The zero-order chi connectivity index (χ0) is 25.6. The van der Waals surface area contributed by atoms with Gasteiger partial charge in [-0.15, -0.1) is 6.58 Å². The molecule has 0 saturated carbocycles. The molecule has 0 bridgehead atoms. The van der Waals surface area contributed by atoms with Crippen LogP contribution in [0.4, 0.5) is 5.69 Å². The molecule has 186 valence electrons. The Morgan fingerprint density at radius 3 is 2.30 bits per heavy atom. The molecule has 0 saturated heterocycles. The molecular formula is C28H47N3O2. The lowest BCUT2D eigenvalue weighted by molar-refractivity contribution is -0.132. The molecule has 5 nitrogen and oxygen atoms in total. The highest BCUT2D eigenvalue weighted by Gasteiger charge is 2.36. The van der Waals surface area contributed by atoms with Crippen molar-refractivity contribution in [1.82, 2.24) is 10.2 Å². The van der Waals surface area contributed by atoms with Gasteiger partial charge in [0.05, 0.1) is 6.04 Å². The number of para-hydroxylation sites is 1. The van der Waals surface area contributed by atoms with Gasteiger partial charge in [0.25, 0.3) is 0 Å². The first-order valence-electron chi connectivity index (χ1n) is 12.3. The van der Waals surface area contributed by atoms with Gasteiger partial charge in [0.1, 0.15) is 0 Å². The molecule has 0 fully saturated rings. The predicted molar refractivity (Wildman–Crippen MR) is 142 cm³/mol. The van der Waals surface area contributed by atoms with E-state index in [1.165, 1.54) is 0 Å². The second-order valence-electron chi connectivity index (χ2n) is 8.73. The molecule has 0 aromatic heterocycles. The first-order valence-corrected chi connectivity index (χ1v) is 12.3. The van der Waals surface area contributed by atoms with Crippen LogP contribution in [0.2, 0.25) is 0 Å². The summed E-state index contributed by atoms with van der Waals surface area (Å²) >= 11 is 0. The second kappa shape index (κ2) is 16.2. The summed E-state index contributed by atoms with van der Waals surface area (Å²) < 4.78 is 0. The fourth-order valence-corrected chi connectivity index (χ4v) is 3.68. The van der Waals surface area contributed by atoms with Gasteiger partial charge < -0.3 is 10.2 Å². The van der Waals surface area contributed by atoms with Crippen molar-refractivity contribution >= 4 is 17.5 Å². The molecule has 0 aliphatic carbocycles. The van der Waals surface area contributed by atoms with Gasteiger partial charge in [-0.05, 0) is 44.2 Å². The Labute approximate surface area is 202 Å². The predicted octanol–water partition coefficient (Wildman–Crippen LogP) is 6.35. The monoisotopic (exact) mass is 457 g/mol. The lowest BCUT2D eigenvalue weighted by Gasteiger charge is -2.33. The number of hydrogen-bond donors (Lipinski definition) is 2. The van der Waals surface area contributed by atoms with E-state index in [9.17, 15) is 9.59 Å². The van der Waals surface area contributed by atoms with Crippen molar-refractivity contribution in [2.75, 3.05) is 19.4 Å². The number of carbonyl (C=O) groups excluding carboxylic acids is 2. The van der Waals surface area contributed by atoms with E-state index < -0.39 is 6.04 Å². The number of carbonyl (C=O) groups is 2. The summed E-state index contributed by atoms with van der Waals surface area (Å²) in [7, 11) is 3.54. The molecule has 5 heteroatoms. The summed E-state index contributed by atoms with van der Waals surface area (Å²) in [6.45, 7) is 17.8. The lowest BCUT2D eigenvalue weighted by atomic mass is 9.86. The van der Waals surface area contributed by atoms with Crippen LogP contribution in [0.3, 0.4) is 0 Å². The first-order chi connectivity index (χ1) is 15.7. The topological polar surface area (TPSA) is 61.4 Å². The summed E-state index contributed by atoms with van der Waals surface area (Å²) in [6.07, 6.45) is 6.11. The van der Waals surface area contributed by atoms with Crippen molar-refractivity contribution in [2.24, 2.45) is 11.8 Å². The van der Waals surface area contributed by atoms with E-state index in [0.29, 0.717) is 5.92 Å². The van der Waals surface area contributed by atoms with Gasteiger partial charge in [0.15, 0.2) is 0 Å². The fourth-order valence-electron chi connectivity index (χ4n) is 3.68. The van der Waals surface area contributed by atoms with Gasteiger partial charge in [-0.1, -0.05) is 70.5 Å². The summed E-state index contributed by atoms with van der Waals surface area (Å²) in [5.41, 5.74) is 2.91.